The average molecular weight is 298 g/mol. The zero-order chi connectivity index (χ0) is 15.5. The topological polar surface area (TPSA) is 59.6 Å². The van der Waals surface area contributed by atoms with Crippen molar-refractivity contribution in [3.8, 4) is 0 Å². The van der Waals surface area contributed by atoms with Gasteiger partial charge in [-0.2, -0.15) is 0 Å². The van der Waals surface area contributed by atoms with Crippen molar-refractivity contribution in [2.45, 2.75) is 82.6 Å². The molecular weight excluding hydrogens is 268 g/mol. The minimum Gasteiger partial charge on any atom is -0.444 e. The molecule has 2 atom stereocenters. The molecule has 0 radical (unpaired) electrons. The van der Waals surface area contributed by atoms with E-state index >= 15 is 0 Å². The predicted molar refractivity (Wildman–Crippen MR) is 82.4 cm³/mol. The van der Waals surface area contributed by atoms with E-state index in [1.165, 1.54) is 6.42 Å². The van der Waals surface area contributed by atoms with Gasteiger partial charge in [0.25, 0.3) is 0 Å². The summed E-state index contributed by atoms with van der Waals surface area (Å²) in [5.41, 5.74) is -0.369. The van der Waals surface area contributed by atoms with Gasteiger partial charge >= 0.3 is 6.09 Å². The van der Waals surface area contributed by atoms with Gasteiger partial charge in [-0.25, -0.2) is 4.79 Å². The molecule has 2 N–H and O–H groups in total. The van der Waals surface area contributed by atoms with Gasteiger partial charge in [0.15, 0.2) is 0 Å². The number of methoxy groups -OCH3 is 1. The van der Waals surface area contributed by atoms with Gasteiger partial charge in [0.05, 0.1) is 5.60 Å². The lowest BCUT2D eigenvalue weighted by atomic mass is 9.80. The maximum Gasteiger partial charge on any atom is 0.407 e. The molecule has 2 aliphatic rings. The van der Waals surface area contributed by atoms with E-state index in [0.29, 0.717) is 6.04 Å². The number of hydrogen-bond acceptors (Lipinski definition) is 4. The summed E-state index contributed by atoms with van der Waals surface area (Å²) in [6, 6.07) is 0.690. The highest BCUT2D eigenvalue weighted by atomic mass is 16.6. The van der Waals surface area contributed by atoms with Crippen LogP contribution in [0.3, 0.4) is 0 Å². The molecule has 0 spiro atoms. The molecule has 2 fully saturated rings. The Morgan fingerprint density at radius 3 is 2.43 bits per heavy atom. The van der Waals surface area contributed by atoms with Gasteiger partial charge in [0, 0.05) is 25.7 Å². The van der Waals surface area contributed by atoms with E-state index in [9.17, 15) is 4.79 Å². The summed E-state index contributed by atoms with van der Waals surface area (Å²) in [7, 11) is 1.81. The molecule has 0 saturated heterocycles. The molecule has 0 aromatic rings. The Hall–Kier alpha value is -0.810. The summed E-state index contributed by atoms with van der Waals surface area (Å²) in [4.78, 5) is 11.8. The van der Waals surface area contributed by atoms with E-state index < -0.39 is 5.60 Å². The molecule has 1 amide bonds. The second-order valence-corrected chi connectivity index (χ2v) is 7.47. The van der Waals surface area contributed by atoms with Crippen LogP contribution in [0.2, 0.25) is 0 Å². The Kier molecular flexibility index (Phi) is 5.15. The van der Waals surface area contributed by atoms with Crippen LogP contribution in [0.1, 0.15) is 59.3 Å². The molecule has 122 valence electrons. The highest BCUT2D eigenvalue weighted by molar-refractivity contribution is 5.68. The monoisotopic (exact) mass is 298 g/mol. The van der Waals surface area contributed by atoms with Crippen LogP contribution in [0.4, 0.5) is 4.79 Å². The first kappa shape index (κ1) is 16.6. The van der Waals surface area contributed by atoms with Gasteiger partial charge in [-0.05, 0) is 59.3 Å². The quantitative estimate of drug-likeness (QED) is 0.819. The number of amides is 1. The Bertz CT molecular complexity index is 356. The standard InChI is InChI=1S/C16H30N2O3/c1-15(2,3)21-14(19)18-13-7-6-12(10-13)17-11-16(20-4)8-5-9-16/h12-13,17H,5-11H2,1-4H3,(H,18,19). The fraction of sp³-hybridized carbons (Fsp3) is 0.938. The molecule has 5 nitrogen and oxygen atoms in total. The number of carbonyl (C=O) groups is 1. The van der Waals surface area contributed by atoms with E-state index in [1.54, 1.807) is 0 Å². The molecule has 5 heteroatoms. The first-order chi connectivity index (χ1) is 9.82. The zero-order valence-corrected chi connectivity index (χ0v) is 13.8. The molecule has 0 bridgehead atoms. The largest absolute Gasteiger partial charge is 0.444 e. The van der Waals surface area contributed by atoms with Crippen LogP contribution >= 0.6 is 0 Å². The molecular formula is C16H30N2O3. The molecule has 0 aromatic heterocycles. The summed E-state index contributed by atoms with van der Waals surface area (Å²) in [5.74, 6) is 0. The van der Waals surface area contributed by atoms with Crippen LogP contribution in [0, 0.1) is 0 Å². The maximum absolute atomic E-state index is 11.8. The van der Waals surface area contributed by atoms with E-state index in [-0.39, 0.29) is 17.7 Å². The van der Waals surface area contributed by atoms with Crippen LogP contribution in [0.15, 0.2) is 0 Å². The fourth-order valence-corrected chi connectivity index (χ4v) is 3.13. The lowest BCUT2D eigenvalue weighted by Gasteiger charge is -2.41. The lowest BCUT2D eigenvalue weighted by molar-refractivity contribution is -0.0707. The maximum atomic E-state index is 11.8. The molecule has 0 heterocycles. The summed E-state index contributed by atoms with van der Waals surface area (Å²) in [5, 5.41) is 6.58. The molecule has 2 aliphatic carbocycles. The normalized spacial score (nSPS) is 28.0. The number of alkyl carbamates (subject to hydrolysis) is 1. The van der Waals surface area contributed by atoms with Gasteiger partial charge < -0.3 is 20.1 Å². The van der Waals surface area contributed by atoms with Crippen molar-refractivity contribution in [3.63, 3.8) is 0 Å². The van der Waals surface area contributed by atoms with Crippen LogP contribution < -0.4 is 10.6 Å². The van der Waals surface area contributed by atoms with Crippen molar-refractivity contribution < 1.29 is 14.3 Å². The highest BCUT2D eigenvalue weighted by Crippen LogP contribution is 2.34. The molecule has 2 rings (SSSR count). The van der Waals surface area contributed by atoms with Crippen LogP contribution in [-0.2, 0) is 9.47 Å². The van der Waals surface area contributed by atoms with Gasteiger partial charge in [0.1, 0.15) is 5.60 Å². The molecule has 2 unspecified atom stereocenters. The van der Waals surface area contributed by atoms with Crippen LogP contribution in [0.5, 0.6) is 0 Å². The average Bonchev–Trinajstić information content (AvgIpc) is 2.73. The third kappa shape index (κ3) is 4.85. The summed E-state index contributed by atoms with van der Waals surface area (Å²) in [6.45, 7) is 6.57. The SMILES string of the molecule is COC1(CNC2CCC(NC(=O)OC(C)(C)C)C2)CCC1. The smallest absolute Gasteiger partial charge is 0.407 e. The molecule has 0 aromatic carbocycles. The van der Waals surface area contributed by atoms with Crippen molar-refractivity contribution in [2.75, 3.05) is 13.7 Å². The Labute approximate surface area is 128 Å². The van der Waals surface area contributed by atoms with Crippen molar-refractivity contribution >= 4 is 6.09 Å². The number of carbonyl (C=O) groups excluding carboxylic acids is 1. The van der Waals surface area contributed by atoms with E-state index in [0.717, 1.165) is 38.6 Å². The molecule has 2 saturated carbocycles. The summed E-state index contributed by atoms with van der Waals surface area (Å²) < 4.78 is 10.9. The Balaban J connectivity index is 1.67. The minimum atomic E-state index is -0.435. The summed E-state index contributed by atoms with van der Waals surface area (Å²) >= 11 is 0. The molecule has 21 heavy (non-hydrogen) atoms. The second kappa shape index (κ2) is 6.53. The second-order valence-electron chi connectivity index (χ2n) is 7.47. The number of hydrogen-bond donors (Lipinski definition) is 2. The number of rotatable bonds is 5. The Morgan fingerprint density at radius 1 is 1.24 bits per heavy atom. The van der Waals surface area contributed by atoms with E-state index in [1.807, 2.05) is 27.9 Å². The van der Waals surface area contributed by atoms with Crippen molar-refractivity contribution in [3.05, 3.63) is 0 Å². The first-order valence-corrected chi connectivity index (χ1v) is 8.10. The van der Waals surface area contributed by atoms with Gasteiger partial charge in [-0.15, -0.1) is 0 Å². The molecule has 0 aliphatic heterocycles. The predicted octanol–water partition coefficient (Wildman–Crippen LogP) is 2.59. The van der Waals surface area contributed by atoms with Crippen molar-refractivity contribution in [1.29, 1.82) is 0 Å². The lowest BCUT2D eigenvalue weighted by Crippen LogP contribution is -2.50. The third-order valence-corrected chi connectivity index (χ3v) is 4.56. The van der Waals surface area contributed by atoms with Gasteiger partial charge in [-0.1, -0.05) is 0 Å². The minimum absolute atomic E-state index is 0.0662. The Morgan fingerprint density at radius 2 is 1.90 bits per heavy atom. The fourth-order valence-electron chi connectivity index (χ4n) is 3.13. The van der Waals surface area contributed by atoms with Gasteiger partial charge in [-0.3, -0.25) is 0 Å². The summed E-state index contributed by atoms with van der Waals surface area (Å²) in [6.07, 6.45) is 6.35. The van der Waals surface area contributed by atoms with Crippen molar-refractivity contribution in [2.24, 2.45) is 0 Å². The first-order valence-electron chi connectivity index (χ1n) is 8.10. The van der Waals surface area contributed by atoms with Gasteiger partial charge in [0.2, 0.25) is 0 Å². The van der Waals surface area contributed by atoms with Crippen LogP contribution in [0.25, 0.3) is 0 Å². The van der Waals surface area contributed by atoms with E-state index in [4.69, 9.17) is 9.47 Å². The van der Waals surface area contributed by atoms with Crippen LogP contribution in [-0.4, -0.2) is 43.0 Å². The highest BCUT2D eigenvalue weighted by Gasteiger charge is 2.38. The van der Waals surface area contributed by atoms with E-state index in [2.05, 4.69) is 10.6 Å². The zero-order valence-electron chi connectivity index (χ0n) is 13.8. The number of ether oxygens (including phenoxy) is 2. The third-order valence-electron chi connectivity index (χ3n) is 4.56. The van der Waals surface area contributed by atoms with Crippen molar-refractivity contribution in [1.82, 2.24) is 10.6 Å². The number of nitrogens with one attached hydrogen (secondary N) is 2.